The SMILES string of the molecule is CNC(=O)N(Cc1ccc(OC)cc1)c1c(Br)cc(C)cc1Br. The number of aryl methyl sites for hydroxylation is 1. The van der Waals surface area contributed by atoms with Gasteiger partial charge in [0.1, 0.15) is 5.75 Å². The molecule has 0 radical (unpaired) electrons. The summed E-state index contributed by atoms with van der Waals surface area (Å²) in [7, 11) is 3.26. The third kappa shape index (κ3) is 4.26. The van der Waals surface area contributed by atoms with Crippen molar-refractivity contribution in [1.29, 1.82) is 0 Å². The molecular weight excluding hydrogens is 424 g/mol. The molecule has 4 nitrogen and oxygen atoms in total. The first-order valence-corrected chi connectivity index (χ1v) is 8.62. The number of nitrogens with one attached hydrogen (secondary N) is 1. The first-order chi connectivity index (χ1) is 11.0. The Kier molecular flexibility index (Phi) is 6.07. The molecule has 122 valence electrons. The zero-order valence-corrected chi connectivity index (χ0v) is 16.4. The number of amides is 2. The number of hydrogen-bond donors (Lipinski definition) is 1. The molecule has 0 aliphatic heterocycles. The average Bonchev–Trinajstić information content (AvgIpc) is 2.53. The second-order valence-corrected chi connectivity index (χ2v) is 6.78. The molecule has 2 aromatic carbocycles. The van der Waals surface area contributed by atoms with E-state index in [-0.39, 0.29) is 6.03 Å². The largest absolute Gasteiger partial charge is 0.497 e. The maximum Gasteiger partial charge on any atom is 0.322 e. The molecule has 0 unspecified atom stereocenters. The van der Waals surface area contributed by atoms with Crippen LogP contribution in [-0.4, -0.2) is 20.2 Å². The van der Waals surface area contributed by atoms with Gasteiger partial charge in [0.25, 0.3) is 0 Å². The van der Waals surface area contributed by atoms with Crippen molar-refractivity contribution >= 4 is 43.6 Å². The second kappa shape index (κ2) is 7.84. The highest BCUT2D eigenvalue weighted by Crippen LogP contribution is 2.36. The first kappa shape index (κ1) is 17.8. The fraction of sp³-hybridized carbons (Fsp3) is 0.235. The number of benzene rings is 2. The molecular formula is C17H18Br2N2O2. The van der Waals surface area contributed by atoms with E-state index in [1.54, 1.807) is 19.1 Å². The molecule has 23 heavy (non-hydrogen) atoms. The number of carbonyl (C=O) groups excluding carboxylic acids is 1. The van der Waals surface area contributed by atoms with E-state index in [0.29, 0.717) is 6.54 Å². The fourth-order valence-electron chi connectivity index (χ4n) is 2.25. The van der Waals surface area contributed by atoms with Crippen LogP contribution < -0.4 is 15.0 Å². The number of hydrogen-bond acceptors (Lipinski definition) is 2. The van der Waals surface area contributed by atoms with Gasteiger partial charge < -0.3 is 10.1 Å². The standard InChI is InChI=1S/C17H18Br2N2O2/c1-11-8-14(18)16(15(19)9-11)21(17(22)20-2)10-12-4-6-13(23-3)7-5-12/h4-9H,10H2,1-3H3,(H,20,22). The van der Waals surface area contributed by atoms with Gasteiger partial charge in [0, 0.05) is 16.0 Å². The number of halogens is 2. The number of rotatable bonds is 4. The van der Waals surface area contributed by atoms with Gasteiger partial charge >= 0.3 is 6.03 Å². The van der Waals surface area contributed by atoms with Crippen LogP contribution in [0.25, 0.3) is 0 Å². The van der Waals surface area contributed by atoms with Gasteiger partial charge in [0.05, 0.1) is 19.3 Å². The third-order valence-corrected chi connectivity index (χ3v) is 4.60. The fourth-order valence-corrected chi connectivity index (χ4v) is 4.09. The summed E-state index contributed by atoms with van der Waals surface area (Å²) < 4.78 is 6.90. The van der Waals surface area contributed by atoms with Crippen molar-refractivity contribution < 1.29 is 9.53 Å². The molecule has 0 spiro atoms. The van der Waals surface area contributed by atoms with Crippen LogP contribution in [0, 0.1) is 6.92 Å². The third-order valence-electron chi connectivity index (χ3n) is 3.39. The van der Waals surface area contributed by atoms with Crippen LogP contribution in [-0.2, 0) is 6.54 Å². The Hall–Kier alpha value is -1.53. The first-order valence-electron chi connectivity index (χ1n) is 7.04. The molecule has 0 bridgehead atoms. The van der Waals surface area contributed by atoms with E-state index in [9.17, 15) is 4.79 Å². The summed E-state index contributed by atoms with van der Waals surface area (Å²) in [6, 6.07) is 11.5. The molecule has 0 aliphatic rings. The molecule has 1 N–H and O–H groups in total. The van der Waals surface area contributed by atoms with Gasteiger partial charge in [-0.2, -0.15) is 0 Å². The highest BCUT2D eigenvalue weighted by Gasteiger charge is 2.20. The van der Waals surface area contributed by atoms with Crippen LogP contribution in [0.1, 0.15) is 11.1 Å². The molecule has 0 fully saturated rings. The van der Waals surface area contributed by atoms with Gasteiger partial charge in [-0.15, -0.1) is 0 Å². The Labute approximate surface area is 153 Å². The maximum absolute atomic E-state index is 12.4. The summed E-state index contributed by atoms with van der Waals surface area (Å²) in [5.41, 5.74) is 2.91. The Bertz CT molecular complexity index is 679. The van der Waals surface area contributed by atoms with Crippen LogP contribution in [0.5, 0.6) is 5.75 Å². The van der Waals surface area contributed by atoms with Crippen LogP contribution >= 0.6 is 31.9 Å². The second-order valence-electron chi connectivity index (χ2n) is 5.07. The van der Waals surface area contributed by atoms with Crippen molar-refractivity contribution in [2.75, 3.05) is 19.1 Å². The quantitative estimate of drug-likeness (QED) is 0.734. The van der Waals surface area contributed by atoms with E-state index in [1.807, 2.05) is 43.3 Å². The molecule has 0 saturated carbocycles. The monoisotopic (exact) mass is 440 g/mol. The van der Waals surface area contributed by atoms with Crippen molar-refractivity contribution in [3.8, 4) is 5.75 Å². The van der Waals surface area contributed by atoms with Crippen molar-refractivity contribution in [1.82, 2.24) is 5.32 Å². The number of anilines is 1. The molecule has 0 heterocycles. The topological polar surface area (TPSA) is 41.6 Å². The van der Waals surface area contributed by atoms with Crippen molar-refractivity contribution in [2.45, 2.75) is 13.5 Å². The van der Waals surface area contributed by atoms with Crippen LogP contribution in [0.4, 0.5) is 10.5 Å². The number of carbonyl (C=O) groups is 1. The molecule has 0 aliphatic carbocycles. The van der Waals surface area contributed by atoms with Crippen molar-refractivity contribution in [2.24, 2.45) is 0 Å². The predicted molar refractivity (Wildman–Crippen MR) is 100 cm³/mol. The van der Waals surface area contributed by atoms with Crippen LogP contribution in [0.2, 0.25) is 0 Å². The van der Waals surface area contributed by atoms with Crippen molar-refractivity contribution in [3.05, 3.63) is 56.5 Å². The molecule has 6 heteroatoms. The highest BCUT2D eigenvalue weighted by molar-refractivity contribution is 9.11. The van der Waals surface area contributed by atoms with Crippen LogP contribution in [0.15, 0.2) is 45.3 Å². The van der Waals surface area contributed by atoms with Gasteiger partial charge in [-0.1, -0.05) is 12.1 Å². The number of urea groups is 1. The molecule has 2 aromatic rings. The Morgan fingerprint density at radius 2 is 1.74 bits per heavy atom. The summed E-state index contributed by atoms with van der Waals surface area (Å²) in [4.78, 5) is 14.1. The number of nitrogens with zero attached hydrogens (tertiary/aromatic N) is 1. The van der Waals surface area contributed by atoms with Gasteiger partial charge in [-0.3, -0.25) is 4.90 Å². The van der Waals surface area contributed by atoms with E-state index in [2.05, 4.69) is 37.2 Å². The minimum absolute atomic E-state index is 0.175. The summed E-state index contributed by atoms with van der Waals surface area (Å²) in [5.74, 6) is 0.790. The van der Waals surface area contributed by atoms with Gasteiger partial charge in [-0.05, 0) is 74.2 Å². The van der Waals surface area contributed by atoms with Gasteiger partial charge in [0.2, 0.25) is 0 Å². The van der Waals surface area contributed by atoms with Gasteiger partial charge in [-0.25, -0.2) is 4.79 Å². The number of methoxy groups -OCH3 is 1. The van der Waals surface area contributed by atoms with Gasteiger partial charge in [0.15, 0.2) is 0 Å². The van der Waals surface area contributed by atoms with Crippen LogP contribution in [0.3, 0.4) is 0 Å². The minimum atomic E-state index is -0.175. The lowest BCUT2D eigenvalue weighted by Crippen LogP contribution is -2.38. The minimum Gasteiger partial charge on any atom is -0.497 e. The smallest absolute Gasteiger partial charge is 0.322 e. The van der Waals surface area contributed by atoms with E-state index in [1.165, 1.54) is 0 Å². The summed E-state index contributed by atoms with van der Waals surface area (Å²) in [6.07, 6.45) is 0. The maximum atomic E-state index is 12.4. The Balaban J connectivity index is 2.39. The highest BCUT2D eigenvalue weighted by atomic mass is 79.9. The zero-order chi connectivity index (χ0) is 17.0. The van der Waals surface area contributed by atoms with E-state index in [4.69, 9.17) is 4.74 Å². The molecule has 0 saturated heterocycles. The molecule has 0 aromatic heterocycles. The zero-order valence-electron chi connectivity index (χ0n) is 13.2. The predicted octanol–water partition coefficient (Wildman–Crippen LogP) is 4.87. The molecule has 2 amide bonds. The lowest BCUT2D eigenvalue weighted by molar-refractivity contribution is 0.248. The molecule has 0 atom stereocenters. The average molecular weight is 442 g/mol. The van der Waals surface area contributed by atoms with E-state index < -0.39 is 0 Å². The Morgan fingerprint density at radius 1 is 1.17 bits per heavy atom. The lowest BCUT2D eigenvalue weighted by atomic mass is 10.1. The summed E-state index contributed by atoms with van der Waals surface area (Å²) in [6.45, 7) is 2.46. The Morgan fingerprint density at radius 3 is 2.22 bits per heavy atom. The lowest BCUT2D eigenvalue weighted by Gasteiger charge is -2.25. The summed E-state index contributed by atoms with van der Waals surface area (Å²) >= 11 is 7.12. The molecule has 2 rings (SSSR count). The van der Waals surface area contributed by atoms with E-state index in [0.717, 1.165) is 31.5 Å². The summed E-state index contributed by atoms with van der Waals surface area (Å²) in [5, 5.41) is 2.70. The van der Waals surface area contributed by atoms with E-state index >= 15 is 0 Å². The number of ether oxygens (including phenoxy) is 1. The normalized spacial score (nSPS) is 10.3. The van der Waals surface area contributed by atoms with Crippen molar-refractivity contribution in [3.63, 3.8) is 0 Å².